The number of ether oxygens (including phenoxy) is 1. The number of H-pyrrole nitrogens is 1. The van der Waals surface area contributed by atoms with Gasteiger partial charge in [-0.2, -0.15) is 0 Å². The highest BCUT2D eigenvalue weighted by atomic mass is 35.5. The topological polar surface area (TPSA) is 76.0 Å². The number of halogens is 4. The summed E-state index contributed by atoms with van der Waals surface area (Å²) in [6.07, 6.45) is 1.35. The third kappa shape index (κ3) is 3.15. The van der Waals surface area contributed by atoms with Gasteiger partial charge in [-0.05, 0) is 38.1 Å². The second kappa shape index (κ2) is 6.94. The van der Waals surface area contributed by atoms with Crippen LogP contribution in [0.1, 0.15) is 19.7 Å². The highest BCUT2D eigenvalue weighted by Gasteiger charge is 2.33. The van der Waals surface area contributed by atoms with Crippen molar-refractivity contribution in [2.24, 2.45) is 7.05 Å². The number of rotatable bonds is 4. The van der Waals surface area contributed by atoms with E-state index in [4.69, 9.17) is 16.3 Å². The van der Waals surface area contributed by atoms with E-state index in [0.29, 0.717) is 5.39 Å². The van der Waals surface area contributed by atoms with Crippen molar-refractivity contribution in [1.82, 2.24) is 19.7 Å². The van der Waals surface area contributed by atoms with Gasteiger partial charge in [0.25, 0.3) is 0 Å². The molecule has 156 valence electrons. The van der Waals surface area contributed by atoms with Crippen molar-refractivity contribution in [1.29, 1.82) is 0 Å². The van der Waals surface area contributed by atoms with Crippen LogP contribution in [0.25, 0.3) is 22.2 Å². The summed E-state index contributed by atoms with van der Waals surface area (Å²) in [5, 5.41) is 18.2. The Bertz CT molecular complexity index is 1260. The molecule has 0 spiro atoms. The number of hydrogen-bond acceptors (Lipinski definition) is 4. The molecule has 0 saturated heterocycles. The van der Waals surface area contributed by atoms with Crippen LogP contribution in [0.3, 0.4) is 0 Å². The Morgan fingerprint density at radius 1 is 1.10 bits per heavy atom. The minimum absolute atomic E-state index is 0.0993. The third-order valence-electron chi connectivity index (χ3n) is 4.76. The number of nitrogens with zero attached hydrogens (tertiary/aromatic N) is 3. The number of aromatic nitrogens is 4. The summed E-state index contributed by atoms with van der Waals surface area (Å²) in [5.74, 6) is -2.88. The molecule has 6 nitrogen and oxygen atoms in total. The lowest BCUT2D eigenvalue weighted by Crippen LogP contribution is -2.30. The molecule has 0 aliphatic rings. The van der Waals surface area contributed by atoms with Crippen molar-refractivity contribution < 1.29 is 23.0 Å². The van der Waals surface area contributed by atoms with E-state index in [-0.39, 0.29) is 33.5 Å². The maximum Gasteiger partial charge on any atom is 0.196 e. The minimum atomic E-state index is -1.32. The Kier molecular flexibility index (Phi) is 4.65. The highest BCUT2D eigenvalue weighted by Crippen LogP contribution is 2.35. The van der Waals surface area contributed by atoms with E-state index in [0.717, 1.165) is 12.1 Å². The molecule has 2 heterocycles. The molecule has 10 heteroatoms. The number of aromatic amines is 1. The molecule has 4 rings (SSSR count). The van der Waals surface area contributed by atoms with Crippen molar-refractivity contribution in [3.8, 4) is 23.0 Å². The Labute approximate surface area is 173 Å². The van der Waals surface area contributed by atoms with Crippen LogP contribution >= 0.6 is 11.6 Å². The molecule has 0 amide bonds. The Hall–Kier alpha value is -3.20. The van der Waals surface area contributed by atoms with Gasteiger partial charge in [-0.25, -0.2) is 13.2 Å². The monoisotopic (exact) mass is 436 g/mol. The molecule has 0 atom stereocenters. The summed E-state index contributed by atoms with van der Waals surface area (Å²) >= 11 is 5.65. The summed E-state index contributed by atoms with van der Waals surface area (Å²) in [7, 11) is 1.59. The maximum atomic E-state index is 15.0. The molecule has 0 aliphatic heterocycles. The lowest BCUT2D eigenvalue weighted by Gasteiger charge is -2.26. The van der Waals surface area contributed by atoms with Crippen LogP contribution in [0, 0.1) is 17.5 Å². The standard InChI is InChI=1S/C20H16ClF3N4O2/c1-20(2,30-16-13(22)6-9(21)7-14(16)23)19-27-26-17(28(19)3)11-5-4-10-12(15(11)24)8-25-18(10)29/h4-8,25,29H,1-3H3. The number of hydrogen-bond donors (Lipinski definition) is 2. The van der Waals surface area contributed by atoms with Gasteiger partial charge in [0, 0.05) is 29.0 Å². The van der Waals surface area contributed by atoms with E-state index in [2.05, 4.69) is 15.2 Å². The zero-order valence-electron chi connectivity index (χ0n) is 16.1. The van der Waals surface area contributed by atoms with Gasteiger partial charge < -0.3 is 19.4 Å². The number of aromatic hydroxyl groups is 1. The summed E-state index contributed by atoms with van der Waals surface area (Å²) < 4.78 is 50.4. The zero-order valence-corrected chi connectivity index (χ0v) is 16.9. The van der Waals surface area contributed by atoms with Crippen molar-refractivity contribution in [2.45, 2.75) is 19.4 Å². The lowest BCUT2D eigenvalue weighted by atomic mass is 10.1. The van der Waals surface area contributed by atoms with Gasteiger partial charge in [-0.1, -0.05) is 11.6 Å². The van der Waals surface area contributed by atoms with Crippen molar-refractivity contribution in [2.75, 3.05) is 0 Å². The largest absolute Gasteiger partial charge is 0.494 e. The maximum absolute atomic E-state index is 15.0. The van der Waals surface area contributed by atoms with Gasteiger partial charge in [0.1, 0.15) is 5.82 Å². The molecule has 0 bridgehead atoms. The molecule has 2 aromatic carbocycles. The molecule has 2 aromatic heterocycles. The molecular weight excluding hydrogens is 421 g/mol. The van der Waals surface area contributed by atoms with E-state index in [9.17, 15) is 18.3 Å². The first-order valence-electron chi connectivity index (χ1n) is 8.82. The fourth-order valence-corrected chi connectivity index (χ4v) is 3.54. The van der Waals surface area contributed by atoms with Crippen LogP contribution in [0.4, 0.5) is 13.2 Å². The van der Waals surface area contributed by atoms with Gasteiger partial charge in [0.15, 0.2) is 40.5 Å². The highest BCUT2D eigenvalue weighted by molar-refractivity contribution is 6.30. The van der Waals surface area contributed by atoms with Crippen LogP contribution in [0.2, 0.25) is 5.02 Å². The van der Waals surface area contributed by atoms with E-state index < -0.39 is 28.8 Å². The molecule has 0 fully saturated rings. The van der Waals surface area contributed by atoms with Gasteiger partial charge in [0.05, 0.1) is 5.56 Å². The summed E-state index contributed by atoms with van der Waals surface area (Å²) in [6, 6.07) is 4.89. The van der Waals surface area contributed by atoms with Gasteiger partial charge >= 0.3 is 0 Å². The Morgan fingerprint density at radius 3 is 2.43 bits per heavy atom. The van der Waals surface area contributed by atoms with Crippen molar-refractivity contribution >= 4 is 22.4 Å². The second-order valence-electron chi connectivity index (χ2n) is 7.24. The normalized spacial score (nSPS) is 12.0. The molecule has 2 N–H and O–H groups in total. The average Bonchev–Trinajstić information content (AvgIpc) is 3.23. The van der Waals surface area contributed by atoms with Gasteiger partial charge in [0.2, 0.25) is 0 Å². The fraction of sp³-hybridized carbons (Fsp3) is 0.200. The second-order valence-corrected chi connectivity index (χ2v) is 7.68. The van der Waals surface area contributed by atoms with E-state index in [1.165, 1.54) is 16.8 Å². The Balaban J connectivity index is 1.75. The molecule has 30 heavy (non-hydrogen) atoms. The van der Waals surface area contributed by atoms with E-state index in [1.807, 2.05) is 0 Å². The van der Waals surface area contributed by atoms with Gasteiger partial charge in [-0.3, -0.25) is 0 Å². The van der Waals surface area contributed by atoms with Crippen LogP contribution in [0.15, 0.2) is 30.5 Å². The number of nitrogens with one attached hydrogen (secondary N) is 1. The quantitative estimate of drug-likeness (QED) is 0.469. The SMILES string of the molecule is Cn1c(-c2ccc3c(O)[nH]cc3c2F)nnc1C(C)(C)Oc1c(F)cc(Cl)cc1F. The predicted octanol–water partition coefficient (Wildman–Crippen LogP) is 5.05. The number of benzene rings is 2. The zero-order chi connectivity index (χ0) is 21.8. The van der Waals surface area contributed by atoms with Crippen LogP contribution in [0.5, 0.6) is 11.6 Å². The van der Waals surface area contributed by atoms with Crippen LogP contribution in [-0.2, 0) is 12.6 Å². The molecule has 0 aliphatic carbocycles. The van der Waals surface area contributed by atoms with Crippen LogP contribution < -0.4 is 4.74 Å². The predicted molar refractivity (Wildman–Crippen MR) is 105 cm³/mol. The lowest BCUT2D eigenvalue weighted by molar-refractivity contribution is 0.0836. The third-order valence-corrected chi connectivity index (χ3v) is 4.98. The summed E-state index contributed by atoms with van der Waals surface area (Å²) in [6.45, 7) is 3.11. The summed E-state index contributed by atoms with van der Waals surface area (Å²) in [4.78, 5) is 2.55. The first kappa shape index (κ1) is 20.1. The molecular formula is C20H16ClF3N4O2. The molecule has 0 saturated carbocycles. The van der Waals surface area contributed by atoms with Crippen LogP contribution in [-0.4, -0.2) is 24.9 Å². The first-order valence-corrected chi connectivity index (χ1v) is 9.20. The minimum Gasteiger partial charge on any atom is -0.494 e. The van der Waals surface area contributed by atoms with Crippen molar-refractivity contribution in [3.05, 3.63) is 58.8 Å². The molecule has 0 radical (unpaired) electrons. The average molecular weight is 437 g/mol. The smallest absolute Gasteiger partial charge is 0.196 e. The Morgan fingerprint density at radius 2 is 1.77 bits per heavy atom. The molecule has 4 aromatic rings. The summed E-state index contributed by atoms with van der Waals surface area (Å²) in [5.41, 5.74) is -1.18. The van der Waals surface area contributed by atoms with E-state index in [1.54, 1.807) is 27.0 Å². The first-order chi connectivity index (χ1) is 14.1. The van der Waals surface area contributed by atoms with Crippen molar-refractivity contribution in [3.63, 3.8) is 0 Å². The van der Waals surface area contributed by atoms with Gasteiger partial charge in [-0.15, -0.1) is 10.2 Å². The van der Waals surface area contributed by atoms with E-state index >= 15 is 0 Å². The molecule has 0 unspecified atom stereocenters. The number of fused-ring (bicyclic) bond motifs is 1. The fourth-order valence-electron chi connectivity index (χ4n) is 3.35.